The van der Waals surface area contributed by atoms with Gasteiger partial charge in [-0.05, 0) is 56.3 Å². The van der Waals surface area contributed by atoms with E-state index in [4.69, 9.17) is 9.47 Å². The standard InChI is InChI=1S/C22H34O3/c1-19(2)12-16-14-10-17-22(25-17)11-13(24-5)6-9-21(22,4)15(14)7-8-20(16,3)18(19)23/h13-17H,6-12H2,1-5H3/t13-,14+,15-,16-,17+,20-,21+,22+/m0/s1. The van der Waals surface area contributed by atoms with Crippen molar-refractivity contribution in [1.29, 1.82) is 0 Å². The van der Waals surface area contributed by atoms with Gasteiger partial charge < -0.3 is 9.47 Å². The van der Waals surface area contributed by atoms with Crippen molar-refractivity contribution in [3.05, 3.63) is 0 Å². The summed E-state index contributed by atoms with van der Waals surface area (Å²) >= 11 is 0. The molecule has 8 atom stereocenters. The minimum absolute atomic E-state index is 0.0823. The van der Waals surface area contributed by atoms with Crippen LogP contribution in [0.3, 0.4) is 0 Å². The highest BCUT2D eigenvalue weighted by Gasteiger charge is 2.76. The Balaban J connectivity index is 1.50. The lowest BCUT2D eigenvalue weighted by Crippen LogP contribution is -2.58. The molecule has 0 N–H and O–H groups in total. The van der Waals surface area contributed by atoms with Crippen LogP contribution >= 0.6 is 0 Å². The largest absolute Gasteiger partial charge is 0.381 e. The molecule has 4 saturated carbocycles. The number of epoxide rings is 1. The molecule has 140 valence electrons. The van der Waals surface area contributed by atoms with Crippen LogP contribution < -0.4 is 0 Å². The van der Waals surface area contributed by atoms with Gasteiger partial charge in [-0.2, -0.15) is 0 Å². The number of rotatable bonds is 1. The Morgan fingerprint density at radius 2 is 1.80 bits per heavy atom. The number of methoxy groups -OCH3 is 1. The molecule has 1 saturated heterocycles. The molecule has 0 aromatic rings. The van der Waals surface area contributed by atoms with Crippen molar-refractivity contribution in [2.24, 2.45) is 34.0 Å². The Labute approximate surface area is 152 Å². The number of carbonyl (C=O) groups excluding carboxylic acids is 1. The molecule has 5 rings (SSSR count). The van der Waals surface area contributed by atoms with E-state index in [2.05, 4.69) is 27.7 Å². The number of Topliss-reactive ketones (excluding diaryl/α,β-unsaturated/α-hetero) is 1. The van der Waals surface area contributed by atoms with Crippen LogP contribution in [0.2, 0.25) is 0 Å². The summed E-state index contributed by atoms with van der Waals surface area (Å²) in [7, 11) is 1.85. The summed E-state index contributed by atoms with van der Waals surface area (Å²) in [6, 6.07) is 0. The van der Waals surface area contributed by atoms with Crippen LogP contribution in [0.5, 0.6) is 0 Å². The second-order valence-corrected chi connectivity index (χ2v) is 11.0. The number of ketones is 1. The van der Waals surface area contributed by atoms with Gasteiger partial charge in [0.2, 0.25) is 0 Å². The van der Waals surface area contributed by atoms with Gasteiger partial charge in [0.15, 0.2) is 0 Å². The number of fused-ring (bicyclic) bond motifs is 4. The lowest BCUT2D eigenvalue weighted by molar-refractivity contribution is -0.141. The maximum absolute atomic E-state index is 13.1. The molecule has 0 radical (unpaired) electrons. The second-order valence-electron chi connectivity index (χ2n) is 11.0. The van der Waals surface area contributed by atoms with Gasteiger partial charge in [-0.3, -0.25) is 4.79 Å². The highest BCUT2D eigenvalue weighted by molar-refractivity contribution is 5.92. The van der Waals surface area contributed by atoms with E-state index in [0.29, 0.717) is 29.8 Å². The third-order valence-electron chi connectivity index (χ3n) is 9.63. The third kappa shape index (κ3) is 1.83. The van der Waals surface area contributed by atoms with Crippen molar-refractivity contribution in [2.45, 2.75) is 90.4 Å². The summed E-state index contributed by atoms with van der Waals surface area (Å²) in [6.07, 6.45) is 8.83. The van der Waals surface area contributed by atoms with Crippen LogP contribution in [-0.4, -0.2) is 30.7 Å². The predicted molar refractivity (Wildman–Crippen MR) is 96.2 cm³/mol. The number of carbonyl (C=O) groups is 1. The zero-order valence-corrected chi connectivity index (χ0v) is 16.6. The number of hydrogen-bond donors (Lipinski definition) is 0. The van der Waals surface area contributed by atoms with Gasteiger partial charge in [-0.25, -0.2) is 0 Å². The number of ether oxygens (including phenoxy) is 2. The fourth-order valence-corrected chi connectivity index (χ4v) is 8.24. The van der Waals surface area contributed by atoms with E-state index in [1.807, 2.05) is 7.11 Å². The van der Waals surface area contributed by atoms with Crippen molar-refractivity contribution < 1.29 is 14.3 Å². The third-order valence-corrected chi connectivity index (χ3v) is 9.63. The topological polar surface area (TPSA) is 38.8 Å². The minimum Gasteiger partial charge on any atom is -0.381 e. The molecule has 25 heavy (non-hydrogen) atoms. The maximum atomic E-state index is 13.1. The quantitative estimate of drug-likeness (QED) is 0.661. The van der Waals surface area contributed by atoms with Gasteiger partial charge >= 0.3 is 0 Å². The van der Waals surface area contributed by atoms with Crippen LogP contribution in [0.1, 0.15) is 72.6 Å². The van der Waals surface area contributed by atoms with E-state index in [1.54, 1.807) is 0 Å². The summed E-state index contributed by atoms with van der Waals surface area (Å²) in [5.74, 6) is 2.50. The Morgan fingerprint density at radius 1 is 1.04 bits per heavy atom. The van der Waals surface area contributed by atoms with Gasteiger partial charge in [-0.1, -0.05) is 27.7 Å². The minimum atomic E-state index is -0.137. The van der Waals surface area contributed by atoms with Gasteiger partial charge in [0.25, 0.3) is 0 Å². The average Bonchev–Trinajstić information content (AvgIpc) is 3.23. The van der Waals surface area contributed by atoms with E-state index >= 15 is 0 Å². The van der Waals surface area contributed by atoms with Crippen LogP contribution in [-0.2, 0) is 14.3 Å². The zero-order chi connectivity index (χ0) is 17.8. The Kier molecular flexibility index (Phi) is 3.15. The molecule has 5 aliphatic rings. The summed E-state index contributed by atoms with van der Waals surface area (Å²) in [4.78, 5) is 13.1. The lowest BCUT2D eigenvalue weighted by Gasteiger charge is -2.58. The first kappa shape index (κ1) is 16.7. The monoisotopic (exact) mass is 346 g/mol. The molecule has 1 aliphatic heterocycles. The molecule has 1 heterocycles. The fraction of sp³-hybridized carbons (Fsp3) is 0.955. The van der Waals surface area contributed by atoms with Crippen LogP contribution in [0.25, 0.3) is 0 Å². The van der Waals surface area contributed by atoms with Crippen molar-refractivity contribution >= 4 is 5.78 Å². The lowest BCUT2D eigenvalue weighted by atomic mass is 9.45. The molecule has 0 aromatic carbocycles. The van der Waals surface area contributed by atoms with Gasteiger partial charge in [-0.15, -0.1) is 0 Å². The molecule has 5 fully saturated rings. The molecule has 0 aromatic heterocycles. The van der Waals surface area contributed by atoms with E-state index in [0.717, 1.165) is 25.2 Å². The van der Waals surface area contributed by atoms with E-state index in [-0.39, 0.29) is 21.8 Å². The first-order chi connectivity index (χ1) is 11.7. The highest BCUT2D eigenvalue weighted by Crippen LogP contribution is 2.74. The van der Waals surface area contributed by atoms with Crippen LogP contribution in [0.4, 0.5) is 0 Å². The summed E-state index contributed by atoms with van der Waals surface area (Å²) in [6.45, 7) is 9.16. The summed E-state index contributed by atoms with van der Waals surface area (Å²) < 4.78 is 12.2. The first-order valence-electron chi connectivity index (χ1n) is 10.4. The summed E-state index contributed by atoms with van der Waals surface area (Å²) in [5.41, 5.74) is 0.146. The maximum Gasteiger partial charge on any atom is 0.144 e. The second kappa shape index (κ2) is 4.70. The van der Waals surface area contributed by atoms with Crippen LogP contribution in [0.15, 0.2) is 0 Å². The van der Waals surface area contributed by atoms with Crippen LogP contribution in [0, 0.1) is 34.0 Å². The molecule has 3 heteroatoms. The van der Waals surface area contributed by atoms with E-state index in [1.165, 1.54) is 25.7 Å². The van der Waals surface area contributed by atoms with Gasteiger partial charge in [0.1, 0.15) is 11.4 Å². The van der Waals surface area contributed by atoms with Crippen molar-refractivity contribution in [2.75, 3.05) is 7.11 Å². The van der Waals surface area contributed by atoms with Crippen molar-refractivity contribution in [3.63, 3.8) is 0 Å². The SMILES string of the molecule is CO[C@H]1CC[C@]2(C)[C@H]3CC[C@]4(C)C(=O)C(C)(C)C[C@H]4[C@@H]3C[C@H]3O[C@]32C1. The zero-order valence-electron chi connectivity index (χ0n) is 16.6. The van der Waals surface area contributed by atoms with Crippen molar-refractivity contribution in [1.82, 2.24) is 0 Å². The Bertz CT molecular complexity index is 627. The Morgan fingerprint density at radius 3 is 2.52 bits per heavy atom. The predicted octanol–water partition coefficient (Wildman–Crippen LogP) is 4.38. The molecule has 3 nitrogen and oxygen atoms in total. The molecule has 1 spiro atoms. The number of hydrogen-bond acceptors (Lipinski definition) is 3. The van der Waals surface area contributed by atoms with E-state index < -0.39 is 0 Å². The molecular weight excluding hydrogens is 312 g/mol. The Hall–Kier alpha value is -0.410. The first-order valence-corrected chi connectivity index (χ1v) is 10.4. The van der Waals surface area contributed by atoms with E-state index in [9.17, 15) is 4.79 Å². The normalized spacial score (nSPS) is 58.8. The molecule has 0 unspecified atom stereocenters. The summed E-state index contributed by atoms with van der Waals surface area (Å²) in [5, 5.41) is 0. The molecular formula is C22H34O3. The highest BCUT2D eigenvalue weighted by atomic mass is 16.6. The molecule has 0 amide bonds. The van der Waals surface area contributed by atoms with Gasteiger partial charge in [0, 0.05) is 29.8 Å². The smallest absolute Gasteiger partial charge is 0.144 e. The average molecular weight is 347 g/mol. The van der Waals surface area contributed by atoms with Crippen molar-refractivity contribution in [3.8, 4) is 0 Å². The fourth-order valence-electron chi connectivity index (χ4n) is 8.24. The van der Waals surface area contributed by atoms with Gasteiger partial charge in [0.05, 0.1) is 12.2 Å². The molecule has 4 aliphatic carbocycles. The molecule has 0 bridgehead atoms.